The van der Waals surface area contributed by atoms with Crippen LogP contribution in [0.4, 0.5) is 0 Å². The van der Waals surface area contributed by atoms with Crippen LogP contribution in [0.3, 0.4) is 0 Å². The Labute approximate surface area is 132 Å². The fraction of sp³-hybridized carbons (Fsp3) is 0.706. The zero-order valence-electron chi connectivity index (χ0n) is 14.3. The van der Waals surface area contributed by atoms with Gasteiger partial charge in [-0.3, -0.25) is 4.98 Å². The molecule has 0 saturated carbocycles. The fourth-order valence-corrected chi connectivity index (χ4v) is 4.14. The molecule has 2 aliphatic heterocycles. The Hall–Kier alpha value is -1.01. The second-order valence-electron chi connectivity index (χ2n) is 7.11. The molecule has 1 N–H and O–H groups in total. The van der Waals surface area contributed by atoms with Crippen LogP contribution < -0.4 is 0 Å². The second-order valence-corrected chi connectivity index (χ2v) is 7.11. The topological polar surface area (TPSA) is 54.8 Å². The molecule has 22 heavy (non-hydrogen) atoms. The zero-order chi connectivity index (χ0) is 16.3. The van der Waals surface area contributed by atoms with Gasteiger partial charge < -0.3 is 14.7 Å². The summed E-state index contributed by atoms with van der Waals surface area (Å²) in [5, 5.41) is 12.2. The van der Waals surface area contributed by atoms with E-state index in [2.05, 4.69) is 11.9 Å². The average molecular weight is 306 g/mol. The van der Waals surface area contributed by atoms with Crippen LogP contribution in [-0.2, 0) is 9.47 Å². The van der Waals surface area contributed by atoms with Crippen molar-refractivity contribution in [3.8, 4) is 0 Å². The van der Waals surface area contributed by atoms with E-state index < -0.39 is 11.4 Å². The molecular formula is C17H26N2O3. The van der Waals surface area contributed by atoms with Crippen LogP contribution in [0, 0.1) is 13.8 Å². The van der Waals surface area contributed by atoms with Crippen molar-refractivity contribution in [1.82, 2.24) is 10.0 Å². The van der Waals surface area contributed by atoms with E-state index in [9.17, 15) is 5.21 Å². The summed E-state index contributed by atoms with van der Waals surface area (Å²) >= 11 is 0. The van der Waals surface area contributed by atoms with E-state index in [-0.39, 0.29) is 18.2 Å². The average Bonchev–Trinajstić information content (AvgIpc) is 2.73. The summed E-state index contributed by atoms with van der Waals surface area (Å²) in [5.41, 5.74) is 2.30. The third kappa shape index (κ3) is 2.19. The summed E-state index contributed by atoms with van der Waals surface area (Å²) in [6.07, 6.45) is 0.633. The number of aromatic nitrogens is 1. The van der Waals surface area contributed by atoms with Crippen molar-refractivity contribution in [3.63, 3.8) is 0 Å². The summed E-state index contributed by atoms with van der Waals surface area (Å²) in [5.74, 6) is -0.640. The van der Waals surface area contributed by atoms with Crippen LogP contribution in [-0.4, -0.2) is 38.8 Å². The minimum Gasteiger partial charge on any atom is -0.342 e. The predicted molar refractivity (Wildman–Crippen MR) is 82.6 cm³/mol. The van der Waals surface area contributed by atoms with Gasteiger partial charge in [-0.05, 0) is 52.7 Å². The van der Waals surface area contributed by atoms with Gasteiger partial charge in [0.15, 0.2) is 5.79 Å². The number of nitrogens with zero attached hydrogens (tertiary/aromatic N) is 2. The van der Waals surface area contributed by atoms with E-state index >= 15 is 0 Å². The molecule has 5 nitrogen and oxygen atoms in total. The number of hydrogen-bond acceptors (Lipinski definition) is 5. The highest BCUT2D eigenvalue weighted by Gasteiger charge is 2.65. The smallest absolute Gasteiger partial charge is 0.164 e. The van der Waals surface area contributed by atoms with Crippen molar-refractivity contribution in [1.29, 1.82) is 0 Å². The molecule has 1 aromatic rings. The molecule has 122 valence electrons. The maximum atomic E-state index is 10.8. The molecule has 1 aromatic heterocycles. The Morgan fingerprint density at radius 3 is 2.55 bits per heavy atom. The molecule has 0 radical (unpaired) electrons. The zero-order valence-corrected chi connectivity index (χ0v) is 14.3. The van der Waals surface area contributed by atoms with Gasteiger partial charge in [-0.25, -0.2) is 0 Å². The number of fused-ring (bicyclic) bond motifs is 1. The van der Waals surface area contributed by atoms with Crippen molar-refractivity contribution in [3.05, 3.63) is 29.1 Å². The van der Waals surface area contributed by atoms with E-state index in [0.29, 0.717) is 0 Å². The van der Waals surface area contributed by atoms with Crippen LogP contribution in [0.2, 0.25) is 0 Å². The molecule has 2 fully saturated rings. The molecule has 0 spiro atoms. The van der Waals surface area contributed by atoms with E-state index in [4.69, 9.17) is 9.47 Å². The van der Waals surface area contributed by atoms with Gasteiger partial charge in [0, 0.05) is 11.4 Å². The summed E-state index contributed by atoms with van der Waals surface area (Å²) in [6.45, 7) is 11.9. The number of hydroxylamine groups is 2. The molecule has 0 unspecified atom stereocenters. The van der Waals surface area contributed by atoms with Crippen LogP contribution in [0.5, 0.6) is 0 Å². The lowest BCUT2D eigenvalue weighted by atomic mass is 9.87. The maximum absolute atomic E-state index is 10.8. The third-order valence-electron chi connectivity index (χ3n) is 4.92. The van der Waals surface area contributed by atoms with Gasteiger partial charge in [0.1, 0.15) is 11.7 Å². The highest BCUT2D eigenvalue weighted by molar-refractivity contribution is 5.31. The Morgan fingerprint density at radius 1 is 1.27 bits per heavy atom. The number of rotatable bonds is 2. The molecule has 0 amide bonds. The minimum absolute atomic E-state index is 0.0857. The van der Waals surface area contributed by atoms with Crippen LogP contribution in [0.1, 0.15) is 57.1 Å². The van der Waals surface area contributed by atoms with Crippen LogP contribution >= 0.6 is 0 Å². The van der Waals surface area contributed by atoms with Gasteiger partial charge in [-0.15, -0.1) is 0 Å². The first-order chi connectivity index (χ1) is 10.2. The van der Waals surface area contributed by atoms with Gasteiger partial charge in [0.25, 0.3) is 0 Å². The summed E-state index contributed by atoms with van der Waals surface area (Å²) in [6, 6.07) is 3.66. The van der Waals surface area contributed by atoms with Crippen molar-refractivity contribution >= 4 is 0 Å². The molecule has 0 aromatic carbocycles. The van der Waals surface area contributed by atoms with E-state index in [1.54, 1.807) is 0 Å². The van der Waals surface area contributed by atoms with Crippen LogP contribution in [0.15, 0.2) is 12.1 Å². The minimum atomic E-state index is -0.640. The number of hydrogen-bond donors (Lipinski definition) is 1. The summed E-state index contributed by atoms with van der Waals surface area (Å²) in [7, 11) is 0. The normalized spacial score (nSPS) is 37.5. The van der Waals surface area contributed by atoms with Crippen molar-refractivity contribution in [2.45, 2.75) is 77.5 Å². The Morgan fingerprint density at radius 2 is 1.95 bits per heavy atom. The van der Waals surface area contributed by atoms with E-state index in [0.717, 1.165) is 23.4 Å². The Kier molecular flexibility index (Phi) is 3.60. The lowest BCUT2D eigenvalue weighted by molar-refractivity contribution is -0.230. The number of aryl methyl sites for hydroxylation is 2. The molecule has 2 saturated heterocycles. The van der Waals surface area contributed by atoms with Crippen molar-refractivity contribution in [2.75, 3.05) is 0 Å². The molecule has 3 heterocycles. The highest BCUT2D eigenvalue weighted by atomic mass is 16.8. The summed E-state index contributed by atoms with van der Waals surface area (Å²) in [4.78, 5) is 4.55. The second kappa shape index (κ2) is 4.99. The van der Waals surface area contributed by atoms with E-state index in [1.165, 1.54) is 5.06 Å². The first-order valence-corrected chi connectivity index (χ1v) is 7.99. The molecular weight excluding hydrogens is 280 g/mol. The predicted octanol–water partition coefficient (Wildman–Crippen LogP) is 3.13. The largest absolute Gasteiger partial charge is 0.342 e. The molecule has 4 atom stereocenters. The monoisotopic (exact) mass is 306 g/mol. The number of pyridine rings is 1. The third-order valence-corrected chi connectivity index (χ3v) is 4.92. The highest BCUT2D eigenvalue weighted by Crippen LogP contribution is 2.54. The lowest BCUT2D eigenvalue weighted by Crippen LogP contribution is -2.40. The number of ether oxygens (including phenoxy) is 2. The quantitative estimate of drug-likeness (QED) is 0.909. The van der Waals surface area contributed by atoms with Crippen molar-refractivity contribution < 1.29 is 14.7 Å². The standard InChI is InChI=1S/C17H26N2O3/c1-7-13-15-17(6,22-16(4,5)21-15)14(19(13)20)12-9-8-10(2)18-11(12)3/h8-9,13-15,20H,7H2,1-6H3/t13-,14+,15-,17+/m1/s1. The first kappa shape index (κ1) is 15.9. The summed E-state index contributed by atoms with van der Waals surface area (Å²) < 4.78 is 12.4. The molecule has 0 aliphatic carbocycles. The van der Waals surface area contributed by atoms with Crippen molar-refractivity contribution in [2.24, 2.45) is 0 Å². The lowest BCUT2D eigenvalue weighted by Gasteiger charge is -2.34. The SMILES string of the molecule is CC[C@@H]1[C@H]2OC(C)(C)O[C@@]2(C)[C@H](c2ccc(C)nc2C)N1O. The van der Waals surface area contributed by atoms with E-state index in [1.807, 2.05) is 46.8 Å². The first-order valence-electron chi connectivity index (χ1n) is 7.99. The maximum Gasteiger partial charge on any atom is 0.164 e. The molecule has 5 heteroatoms. The molecule has 0 bridgehead atoms. The van der Waals surface area contributed by atoms with Gasteiger partial charge in [0.05, 0.1) is 12.1 Å². The van der Waals surface area contributed by atoms with Gasteiger partial charge >= 0.3 is 0 Å². The molecule has 3 rings (SSSR count). The fourth-order valence-electron chi connectivity index (χ4n) is 4.14. The van der Waals surface area contributed by atoms with Crippen LogP contribution in [0.25, 0.3) is 0 Å². The Bertz CT molecular complexity index is 589. The van der Waals surface area contributed by atoms with Gasteiger partial charge in [0.2, 0.25) is 0 Å². The van der Waals surface area contributed by atoms with Gasteiger partial charge in [-0.2, -0.15) is 5.06 Å². The van der Waals surface area contributed by atoms with Gasteiger partial charge in [-0.1, -0.05) is 13.0 Å². The Balaban J connectivity index is 2.09. The molecule has 2 aliphatic rings.